The Morgan fingerprint density at radius 1 is 0.422 bits per heavy atom. The van der Waals surface area contributed by atoms with Crippen molar-refractivity contribution in [1.29, 1.82) is 0 Å². The molecule has 7 aromatic carbocycles. The summed E-state index contributed by atoms with van der Waals surface area (Å²) in [5, 5.41) is 10.0. The van der Waals surface area contributed by atoms with Gasteiger partial charge in [-0.15, -0.1) is 0 Å². The van der Waals surface area contributed by atoms with Gasteiger partial charge < -0.3 is 0 Å². The molecule has 0 N–H and O–H groups in total. The third-order valence-electron chi connectivity index (χ3n) is 9.05. The molecule has 0 atom stereocenters. The molecule has 210 valence electrons. The van der Waals surface area contributed by atoms with Crippen LogP contribution in [0, 0.1) is 0 Å². The highest BCUT2D eigenvalue weighted by molar-refractivity contribution is 6.20. The van der Waals surface area contributed by atoms with E-state index < -0.39 is 0 Å². The lowest BCUT2D eigenvalue weighted by Crippen LogP contribution is -1.96. The number of benzene rings is 7. The Bertz CT molecular complexity index is 2470. The molecule has 0 aliphatic rings. The van der Waals surface area contributed by atoms with Crippen molar-refractivity contribution < 1.29 is 0 Å². The van der Waals surface area contributed by atoms with Crippen LogP contribution in [0.1, 0.15) is 11.1 Å². The van der Waals surface area contributed by atoms with Gasteiger partial charge in [0.05, 0.1) is 11.0 Å². The Morgan fingerprint density at radius 2 is 0.956 bits per heavy atom. The molecule has 0 spiro atoms. The molecule has 0 saturated heterocycles. The summed E-state index contributed by atoms with van der Waals surface area (Å²) in [5.74, 6) is 0.917. The molecule has 2 aromatic heterocycles. The first kappa shape index (κ1) is 25.5. The molecule has 0 unspecified atom stereocenters. The van der Waals surface area contributed by atoms with Crippen molar-refractivity contribution in [1.82, 2.24) is 9.55 Å². The molecular weight excluding hydrogens is 544 g/mol. The van der Waals surface area contributed by atoms with E-state index in [9.17, 15) is 0 Å². The van der Waals surface area contributed by atoms with Crippen molar-refractivity contribution in [3.8, 4) is 16.9 Å². The van der Waals surface area contributed by atoms with Gasteiger partial charge in [0, 0.05) is 17.0 Å². The lowest BCUT2D eigenvalue weighted by molar-refractivity contribution is 1.08. The minimum absolute atomic E-state index is 0.917. The lowest BCUT2D eigenvalue weighted by atomic mass is 9.86. The summed E-state index contributed by atoms with van der Waals surface area (Å²) >= 11 is 0. The summed E-state index contributed by atoms with van der Waals surface area (Å²) in [7, 11) is 0. The van der Waals surface area contributed by atoms with Crippen molar-refractivity contribution in [2.24, 2.45) is 0 Å². The number of aromatic nitrogens is 2. The number of hydrogen-bond acceptors (Lipinski definition) is 1. The first-order valence-electron chi connectivity index (χ1n) is 15.4. The number of fused-ring (bicyclic) bond motifs is 6. The van der Waals surface area contributed by atoms with Crippen molar-refractivity contribution in [3.05, 3.63) is 169 Å². The highest BCUT2D eigenvalue weighted by atomic mass is 15.1. The smallest absolute Gasteiger partial charge is 0.137 e. The van der Waals surface area contributed by atoms with Gasteiger partial charge in [0.1, 0.15) is 5.82 Å². The van der Waals surface area contributed by atoms with E-state index in [0.717, 1.165) is 11.4 Å². The van der Waals surface area contributed by atoms with E-state index in [2.05, 4.69) is 168 Å². The average Bonchev–Trinajstić information content (AvgIpc) is 3.45. The third kappa shape index (κ3) is 4.07. The van der Waals surface area contributed by atoms with E-state index in [4.69, 9.17) is 4.98 Å². The summed E-state index contributed by atoms with van der Waals surface area (Å²) in [6, 6.07) is 54.3. The van der Waals surface area contributed by atoms with Crippen molar-refractivity contribution in [2.45, 2.75) is 0 Å². The molecule has 0 aliphatic heterocycles. The zero-order valence-electron chi connectivity index (χ0n) is 24.6. The molecule has 0 amide bonds. The molecule has 0 radical (unpaired) electrons. The molecule has 9 rings (SSSR count). The zero-order chi connectivity index (χ0) is 29.7. The fraction of sp³-hybridized carbons (Fsp3) is 0. The van der Waals surface area contributed by atoms with Gasteiger partial charge in [-0.1, -0.05) is 140 Å². The average molecular weight is 573 g/mol. The van der Waals surface area contributed by atoms with Gasteiger partial charge >= 0.3 is 0 Å². The maximum atomic E-state index is 4.95. The minimum Gasteiger partial charge on any atom is -0.294 e. The number of pyridine rings is 1. The summed E-state index contributed by atoms with van der Waals surface area (Å²) in [5.41, 5.74) is 7.16. The Balaban J connectivity index is 1.18. The van der Waals surface area contributed by atoms with E-state index >= 15 is 0 Å². The van der Waals surface area contributed by atoms with Crippen LogP contribution in [-0.2, 0) is 0 Å². The van der Waals surface area contributed by atoms with Gasteiger partial charge in [-0.3, -0.25) is 4.57 Å². The minimum atomic E-state index is 0.917. The predicted octanol–water partition coefficient (Wildman–Crippen LogP) is 11.5. The van der Waals surface area contributed by atoms with Crippen molar-refractivity contribution >= 4 is 66.3 Å². The van der Waals surface area contributed by atoms with Gasteiger partial charge in [-0.2, -0.15) is 0 Å². The second-order valence-electron chi connectivity index (χ2n) is 11.6. The molecule has 9 aromatic rings. The van der Waals surface area contributed by atoms with Gasteiger partial charge in [0.15, 0.2) is 0 Å². The molecular formula is C43H28N2. The SMILES string of the molecule is C(=Cc1c2ccccc2c(-c2cccc3ccccc23)c2ccccc12)c1ccc(-n2c3ccccc3c3ccccc32)nc1. The Hall–Kier alpha value is -5.99. The molecule has 2 heteroatoms. The normalized spacial score (nSPS) is 11.9. The van der Waals surface area contributed by atoms with Crippen LogP contribution in [0.3, 0.4) is 0 Å². The Kier molecular flexibility index (Phi) is 5.85. The fourth-order valence-electron chi connectivity index (χ4n) is 7.05. The standard InChI is InChI=1S/C43H28N2/c1-2-14-31-30(12-1)13-11-21-37(31)43-38-19-5-3-15-32(38)34(33-16-4-6-20-39(33)43)26-24-29-25-27-42(44-28-29)45-40-22-9-7-17-35(40)36-18-8-10-23-41(36)45/h1-28H. The van der Waals surface area contributed by atoms with Crippen LogP contribution in [0.5, 0.6) is 0 Å². The van der Waals surface area contributed by atoms with E-state index in [1.807, 2.05) is 6.20 Å². The largest absolute Gasteiger partial charge is 0.294 e. The van der Waals surface area contributed by atoms with Crippen molar-refractivity contribution in [3.63, 3.8) is 0 Å². The summed E-state index contributed by atoms with van der Waals surface area (Å²) < 4.78 is 2.26. The number of nitrogens with zero attached hydrogens (tertiary/aromatic N) is 2. The van der Waals surface area contributed by atoms with E-state index in [1.54, 1.807) is 0 Å². The number of hydrogen-bond donors (Lipinski definition) is 0. The van der Waals surface area contributed by atoms with Crippen LogP contribution >= 0.6 is 0 Å². The molecule has 2 nitrogen and oxygen atoms in total. The topological polar surface area (TPSA) is 17.8 Å². The molecule has 2 heterocycles. The highest BCUT2D eigenvalue weighted by Crippen LogP contribution is 2.42. The predicted molar refractivity (Wildman–Crippen MR) is 192 cm³/mol. The quantitative estimate of drug-likeness (QED) is 0.192. The summed E-state index contributed by atoms with van der Waals surface area (Å²) in [4.78, 5) is 4.95. The van der Waals surface area contributed by atoms with Gasteiger partial charge in [0.2, 0.25) is 0 Å². The van der Waals surface area contributed by atoms with Crippen LogP contribution in [0.4, 0.5) is 0 Å². The zero-order valence-corrected chi connectivity index (χ0v) is 24.6. The lowest BCUT2D eigenvalue weighted by Gasteiger charge is -2.17. The van der Waals surface area contributed by atoms with E-state index in [1.165, 1.54) is 70.8 Å². The molecule has 45 heavy (non-hydrogen) atoms. The van der Waals surface area contributed by atoms with Crippen LogP contribution in [-0.4, -0.2) is 9.55 Å². The second-order valence-corrected chi connectivity index (χ2v) is 11.6. The monoisotopic (exact) mass is 572 g/mol. The maximum Gasteiger partial charge on any atom is 0.137 e. The van der Waals surface area contributed by atoms with Crippen LogP contribution in [0.15, 0.2) is 158 Å². The van der Waals surface area contributed by atoms with Crippen LogP contribution in [0.2, 0.25) is 0 Å². The molecule has 0 saturated carbocycles. The van der Waals surface area contributed by atoms with Crippen molar-refractivity contribution in [2.75, 3.05) is 0 Å². The van der Waals surface area contributed by atoms with Gasteiger partial charge in [-0.05, 0) is 78.8 Å². The molecule has 0 aliphatic carbocycles. The summed E-state index contributed by atoms with van der Waals surface area (Å²) in [6.45, 7) is 0. The fourth-order valence-corrected chi connectivity index (χ4v) is 7.05. The highest BCUT2D eigenvalue weighted by Gasteiger charge is 2.16. The first-order chi connectivity index (χ1) is 22.3. The molecule has 0 bridgehead atoms. The first-order valence-corrected chi connectivity index (χ1v) is 15.4. The maximum absolute atomic E-state index is 4.95. The second kappa shape index (κ2) is 10.3. The molecule has 0 fully saturated rings. The Labute approximate surface area is 261 Å². The number of rotatable bonds is 4. The van der Waals surface area contributed by atoms with Crippen LogP contribution < -0.4 is 0 Å². The Morgan fingerprint density at radius 3 is 1.58 bits per heavy atom. The van der Waals surface area contributed by atoms with E-state index in [0.29, 0.717) is 0 Å². The van der Waals surface area contributed by atoms with E-state index in [-0.39, 0.29) is 0 Å². The van der Waals surface area contributed by atoms with Crippen LogP contribution in [0.25, 0.3) is 83.2 Å². The van der Waals surface area contributed by atoms with Gasteiger partial charge in [-0.25, -0.2) is 4.98 Å². The number of para-hydroxylation sites is 2. The summed E-state index contributed by atoms with van der Waals surface area (Å²) in [6.07, 6.45) is 6.42. The van der Waals surface area contributed by atoms with Gasteiger partial charge in [0.25, 0.3) is 0 Å². The third-order valence-corrected chi connectivity index (χ3v) is 9.05.